The summed E-state index contributed by atoms with van der Waals surface area (Å²) >= 11 is 0. The molecule has 0 aliphatic carbocycles. The van der Waals surface area contributed by atoms with Crippen molar-refractivity contribution in [1.82, 2.24) is 5.32 Å². The van der Waals surface area contributed by atoms with Gasteiger partial charge < -0.3 is 10.2 Å². The second kappa shape index (κ2) is 5.40. The first kappa shape index (κ1) is 10.7. The highest BCUT2D eigenvalue weighted by Crippen LogP contribution is 2.10. The lowest BCUT2D eigenvalue weighted by Crippen LogP contribution is -2.35. The molecular weight excluding hydrogens is 176 g/mol. The van der Waals surface area contributed by atoms with Gasteiger partial charge in [0, 0.05) is 12.7 Å². The van der Waals surface area contributed by atoms with E-state index in [9.17, 15) is 4.79 Å². The van der Waals surface area contributed by atoms with Gasteiger partial charge in [0.15, 0.2) is 0 Å². The number of hydrogen-bond acceptors (Lipinski definition) is 2. The van der Waals surface area contributed by atoms with Gasteiger partial charge in [0.25, 0.3) is 0 Å². The molecule has 0 atom stereocenters. The van der Waals surface area contributed by atoms with Crippen LogP contribution in [0, 0.1) is 0 Å². The van der Waals surface area contributed by atoms with E-state index in [1.807, 2.05) is 37.3 Å². The molecule has 3 heteroatoms. The fourth-order valence-corrected chi connectivity index (χ4v) is 1.15. The van der Waals surface area contributed by atoms with E-state index in [1.165, 1.54) is 0 Å². The minimum Gasteiger partial charge on any atom is -0.314 e. The van der Waals surface area contributed by atoms with Crippen LogP contribution in [0.3, 0.4) is 0 Å². The van der Waals surface area contributed by atoms with Gasteiger partial charge in [-0.1, -0.05) is 25.1 Å². The largest absolute Gasteiger partial charge is 0.314 e. The third kappa shape index (κ3) is 2.85. The van der Waals surface area contributed by atoms with E-state index in [1.54, 1.807) is 11.9 Å². The van der Waals surface area contributed by atoms with E-state index in [4.69, 9.17) is 0 Å². The summed E-state index contributed by atoms with van der Waals surface area (Å²) in [5.41, 5.74) is 0.926. The zero-order valence-corrected chi connectivity index (χ0v) is 8.66. The summed E-state index contributed by atoms with van der Waals surface area (Å²) in [6.07, 6.45) is 0. The number of nitrogens with zero attached hydrogens (tertiary/aromatic N) is 1. The van der Waals surface area contributed by atoms with Crippen molar-refractivity contribution in [2.75, 3.05) is 25.0 Å². The summed E-state index contributed by atoms with van der Waals surface area (Å²) < 4.78 is 0. The number of hydrogen-bond donors (Lipinski definition) is 1. The molecule has 0 fully saturated rings. The number of carbonyl (C=O) groups is 1. The molecule has 14 heavy (non-hydrogen) atoms. The third-order valence-electron chi connectivity index (χ3n) is 2.04. The molecule has 0 aromatic heterocycles. The fraction of sp³-hybridized carbons (Fsp3) is 0.364. The van der Waals surface area contributed by atoms with Crippen LogP contribution in [0.5, 0.6) is 0 Å². The summed E-state index contributed by atoms with van der Waals surface area (Å²) in [6, 6.07) is 9.62. The first-order chi connectivity index (χ1) is 6.75. The van der Waals surface area contributed by atoms with E-state index in [-0.39, 0.29) is 5.91 Å². The highest BCUT2D eigenvalue weighted by molar-refractivity contribution is 5.94. The number of para-hydroxylation sites is 1. The summed E-state index contributed by atoms with van der Waals surface area (Å²) in [6.45, 7) is 3.19. The molecule has 1 rings (SSSR count). The molecule has 1 N–H and O–H groups in total. The Hall–Kier alpha value is -1.35. The summed E-state index contributed by atoms with van der Waals surface area (Å²) in [5, 5.41) is 3.01. The van der Waals surface area contributed by atoms with E-state index in [2.05, 4.69) is 5.32 Å². The molecule has 3 nitrogen and oxygen atoms in total. The Balaban J connectivity index is 2.57. The number of benzene rings is 1. The van der Waals surface area contributed by atoms with Crippen molar-refractivity contribution in [3.8, 4) is 0 Å². The van der Waals surface area contributed by atoms with Crippen molar-refractivity contribution < 1.29 is 4.79 Å². The zero-order valence-electron chi connectivity index (χ0n) is 8.66. The standard InChI is InChI=1S/C11H16N2O/c1-3-12-9-11(14)13(2)10-7-5-4-6-8-10/h4-8,12H,3,9H2,1-2H3. The van der Waals surface area contributed by atoms with Crippen LogP contribution in [0.1, 0.15) is 6.92 Å². The second-order valence-electron chi connectivity index (χ2n) is 3.07. The zero-order chi connectivity index (χ0) is 10.4. The van der Waals surface area contributed by atoms with Gasteiger partial charge in [0.1, 0.15) is 0 Å². The van der Waals surface area contributed by atoms with Crippen LogP contribution in [0.2, 0.25) is 0 Å². The molecule has 0 saturated heterocycles. The number of anilines is 1. The molecule has 1 aromatic rings. The highest BCUT2D eigenvalue weighted by atomic mass is 16.2. The van der Waals surface area contributed by atoms with Crippen molar-refractivity contribution in [3.05, 3.63) is 30.3 Å². The number of likely N-dealkylation sites (N-methyl/N-ethyl adjacent to an activating group) is 2. The van der Waals surface area contributed by atoms with E-state index >= 15 is 0 Å². The summed E-state index contributed by atoms with van der Waals surface area (Å²) in [4.78, 5) is 13.2. The molecule has 0 saturated carbocycles. The highest BCUT2D eigenvalue weighted by Gasteiger charge is 2.08. The van der Waals surface area contributed by atoms with Crippen LogP contribution in [0.4, 0.5) is 5.69 Å². The summed E-state index contributed by atoms with van der Waals surface area (Å²) in [7, 11) is 1.79. The van der Waals surface area contributed by atoms with Crippen molar-refractivity contribution >= 4 is 11.6 Å². The van der Waals surface area contributed by atoms with Crippen molar-refractivity contribution in [2.24, 2.45) is 0 Å². The van der Waals surface area contributed by atoms with Gasteiger partial charge >= 0.3 is 0 Å². The molecule has 0 heterocycles. The van der Waals surface area contributed by atoms with Gasteiger partial charge in [-0.25, -0.2) is 0 Å². The number of amides is 1. The Morgan fingerprint density at radius 3 is 2.57 bits per heavy atom. The van der Waals surface area contributed by atoms with E-state index in [0.717, 1.165) is 12.2 Å². The van der Waals surface area contributed by atoms with E-state index in [0.29, 0.717) is 6.54 Å². The van der Waals surface area contributed by atoms with Crippen LogP contribution in [-0.4, -0.2) is 26.0 Å². The molecule has 0 unspecified atom stereocenters. The Labute approximate surface area is 84.7 Å². The van der Waals surface area contributed by atoms with Crippen molar-refractivity contribution in [2.45, 2.75) is 6.92 Å². The SMILES string of the molecule is CCNCC(=O)N(C)c1ccccc1. The van der Waals surface area contributed by atoms with Crippen LogP contribution in [0.15, 0.2) is 30.3 Å². The average molecular weight is 192 g/mol. The van der Waals surface area contributed by atoms with Crippen molar-refractivity contribution in [1.29, 1.82) is 0 Å². The maximum atomic E-state index is 11.6. The molecule has 1 amide bonds. The minimum absolute atomic E-state index is 0.0815. The monoisotopic (exact) mass is 192 g/mol. The molecule has 0 bridgehead atoms. The number of rotatable bonds is 4. The van der Waals surface area contributed by atoms with Crippen LogP contribution >= 0.6 is 0 Å². The molecule has 76 valence electrons. The maximum Gasteiger partial charge on any atom is 0.240 e. The molecule has 0 aliphatic heterocycles. The Bertz CT molecular complexity index is 285. The lowest BCUT2D eigenvalue weighted by molar-refractivity contribution is -0.117. The molecule has 0 radical (unpaired) electrons. The Morgan fingerprint density at radius 2 is 2.00 bits per heavy atom. The molecular formula is C11H16N2O. The predicted octanol–water partition coefficient (Wildman–Crippen LogP) is 1.26. The van der Waals surface area contributed by atoms with Gasteiger partial charge in [0.2, 0.25) is 5.91 Å². The van der Waals surface area contributed by atoms with E-state index < -0.39 is 0 Å². The lowest BCUT2D eigenvalue weighted by atomic mass is 10.3. The van der Waals surface area contributed by atoms with Crippen LogP contribution in [0.25, 0.3) is 0 Å². The van der Waals surface area contributed by atoms with Gasteiger partial charge in [-0.2, -0.15) is 0 Å². The molecule has 0 aliphatic rings. The molecule has 1 aromatic carbocycles. The lowest BCUT2D eigenvalue weighted by Gasteiger charge is -2.17. The topological polar surface area (TPSA) is 32.3 Å². The minimum atomic E-state index is 0.0815. The van der Waals surface area contributed by atoms with Gasteiger partial charge in [-0.15, -0.1) is 0 Å². The first-order valence-electron chi connectivity index (χ1n) is 4.78. The van der Waals surface area contributed by atoms with Crippen molar-refractivity contribution in [3.63, 3.8) is 0 Å². The quantitative estimate of drug-likeness (QED) is 0.779. The maximum absolute atomic E-state index is 11.6. The number of nitrogens with one attached hydrogen (secondary N) is 1. The fourth-order valence-electron chi connectivity index (χ4n) is 1.15. The average Bonchev–Trinajstić information content (AvgIpc) is 2.26. The van der Waals surface area contributed by atoms with Gasteiger partial charge in [-0.05, 0) is 18.7 Å². The van der Waals surface area contributed by atoms with Gasteiger partial charge in [-0.3, -0.25) is 4.79 Å². The first-order valence-corrected chi connectivity index (χ1v) is 4.78. The third-order valence-corrected chi connectivity index (χ3v) is 2.04. The molecule has 0 spiro atoms. The number of carbonyl (C=O) groups excluding carboxylic acids is 1. The Morgan fingerprint density at radius 1 is 1.36 bits per heavy atom. The van der Waals surface area contributed by atoms with Crippen LogP contribution in [-0.2, 0) is 4.79 Å². The van der Waals surface area contributed by atoms with Gasteiger partial charge in [0.05, 0.1) is 6.54 Å². The van der Waals surface area contributed by atoms with Crippen LogP contribution < -0.4 is 10.2 Å². The second-order valence-corrected chi connectivity index (χ2v) is 3.07. The Kier molecular flexibility index (Phi) is 4.13. The normalized spacial score (nSPS) is 9.86. The predicted molar refractivity (Wildman–Crippen MR) is 58.4 cm³/mol. The summed E-state index contributed by atoms with van der Waals surface area (Å²) in [5.74, 6) is 0.0815. The smallest absolute Gasteiger partial charge is 0.240 e.